The number of carbonyl (C=O) groups excluding carboxylic acids is 4. The van der Waals surface area contributed by atoms with Crippen LogP contribution in [0.15, 0.2) is 61.6 Å². The van der Waals surface area contributed by atoms with E-state index in [-0.39, 0.29) is 68.6 Å². The van der Waals surface area contributed by atoms with Crippen LogP contribution in [0.1, 0.15) is 72.6 Å². The van der Waals surface area contributed by atoms with Crippen LogP contribution in [-0.4, -0.2) is 88.8 Å². The number of alkyl halides is 2. The number of hydrogen-bond donors (Lipinski definition) is 4. The Morgan fingerprint density at radius 2 is 1.44 bits per heavy atom. The van der Waals surface area contributed by atoms with Crippen LogP contribution in [0, 0.1) is 34.5 Å². The van der Waals surface area contributed by atoms with Gasteiger partial charge in [0.05, 0.1) is 55.2 Å². The van der Waals surface area contributed by atoms with E-state index >= 15 is 4.39 Å². The molecule has 0 aromatic carbocycles. The number of pyridine rings is 2. The molecule has 7 aromatic rings. The van der Waals surface area contributed by atoms with Gasteiger partial charge in [0.1, 0.15) is 34.8 Å². The van der Waals surface area contributed by atoms with Crippen molar-refractivity contribution in [2.24, 2.45) is 19.5 Å². The molecule has 1 saturated carbocycles. The summed E-state index contributed by atoms with van der Waals surface area (Å²) in [5.74, 6) is -5.57. The molecule has 2 atom stereocenters. The van der Waals surface area contributed by atoms with Gasteiger partial charge in [0.2, 0.25) is 29.3 Å². The highest BCUT2D eigenvalue weighted by Gasteiger charge is 2.51. The molecule has 1 aliphatic carbocycles. The Morgan fingerprint density at radius 3 is 2.06 bits per heavy atom. The lowest BCUT2D eigenvalue weighted by molar-refractivity contribution is -0.718. The van der Waals surface area contributed by atoms with Gasteiger partial charge in [-0.2, -0.15) is 19.0 Å². The fraction of sp³-hybridized carbons (Fsp3) is 0.244. The monoisotopic (exact) mass is 982 g/mol. The summed E-state index contributed by atoms with van der Waals surface area (Å²) in [5, 5.41) is 31.6. The highest BCUT2D eigenvalue weighted by Crippen LogP contribution is 2.45. The highest BCUT2D eigenvalue weighted by molar-refractivity contribution is 6.03. The number of nitrogens with one attached hydrogen (secondary N) is 4. The van der Waals surface area contributed by atoms with Crippen molar-refractivity contribution in [1.29, 1.82) is 5.26 Å². The molecule has 0 saturated heterocycles. The second-order valence-corrected chi connectivity index (χ2v) is 15.3. The van der Waals surface area contributed by atoms with Gasteiger partial charge in [0.25, 0.3) is 18.2 Å². The van der Waals surface area contributed by atoms with E-state index in [0.29, 0.717) is 19.0 Å². The number of halogens is 5. The molecule has 0 unspecified atom stereocenters. The Hall–Kier alpha value is -9.56. The standard InChI is InChI=1S/C41H32F5N19O6/c1-18(70-39(68)58-35-29(60-61-63(35)3)24-13-50-26(15-48-24)55-37(66)20-10-53-34(31(43)44)54-11-20)22-5-6-28(57-33(22)46)65-30(25-14-51-27(16-49-25)56-38(67)41(17-47)7-8-41)36(64(4)62-65)59-40(69)71-19(2)23-9-21(42)12-52-32(23)45/h5-6,9-16,18-19,31,62H,7-8H2,1-4H3,(H2,48,49,50,51,55,56,58,59,60,61,66,67,68,69)/p+1/t18-,19-/m1/s1. The Labute approximate surface area is 394 Å². The van der Waals surface area contributed by atoms with Crippen LogP contribution < -0.4 is 25.9 Å². The molecule has 0 spiro atoms. The third kappa shape index (κ3) is 10.3. The quantitative estimate of drug-likeness (QED) is 0.0647. The summed E-state index contributed by atoms with van der Waals surface area (Å²) >= 11 is 0. The zero-order valence-electron chi connectivity index (χ0n) is 37.0. The van der Waals surface area contributed by atoms with Crippen molar-refractivity contribution in [2.45, 2.75) is 45.3 Å². The number of aryl methyl sites for hydroxylation is 2. The Morgan fingerprint density at radius 1 is 0.789 bits per heavy atom. The lowest BCUT2D eigenvalue weighted by Crippen LogP contribution is -2.36. The van der Waals surface area contributed by atoms with Crippen LogP contribution in [0.25, 0.3) is 28.6 Å². The molecular formula is C41H33F5N19O6+. The molecule has 4 amide bonds. The summed E-state index contributed by atoms with van der Waals surface area (Å²) in [4.78, 5) is 82.9. The number of ether oxygens (including phenoxy) is 2. The average molecular weight is 983 g/mol. The second-order valence-electron chi connectivity index (χ2n) is 15.3. The molecule has 71 heavy (non-hydrogen) atoms. The number of nitrogens with zero attached hydrogens (tertiary/aromatic N) is 15. The van der Waals surface area contributed by atoms with Gasteiger partial charge in [-0.05, 0) is 44.9 Å². The zero-order chi connectivity index (χ0) is 50.7. The van der Waals surface area contributed by atoms with E-state index in [1.165, 1.54) is 63.3 Å². The van der Waals surface area contributed by atoms with Crippen molar-refractivity contribution in [3.63, 3.8) is 0 Å². The molecule has 4 N–H and O–H groups in total. The van der Waals surface area contributed by atoms with Crippen LogP contribution in [-0.2, 0) is 28.4 Å². The first kappa shape index (κ1) is 47.9. The molecule has 30 heteroatoms. The minimum atomic E-state index is -2.92. The molecule has 0 aliphatic heterocycles. The molecule has 362 valence electrons. The number of anilines is 4. The first-order valence-electron chi connectivity index (χ1n) is 20.5. The molecule has 1 aliphatic rings. The van der Waals surface area contributed by atoms with Crippen molar-refractivity contribution >= 4 is 47.3 Å². The minimum Gasteiger partial charge on any atom is -0.441 e. The molecule has 0 bridgehead atoms. The predicted molar refractivity (Wildman–Crippen MR) is 228 cm³/mol. The molecule has 1 fully saturated rings. The number of amides is 4. The van der Waals surface area contributed by atoms with E-state index in [4.69, 9.17) is 9.47 Å². The lowest BCUT2D eigenvalue weighted by Gasteiger charge is -2.15. The topological polar surface area (TPSA) is 314 Å². The van der Waals surface area contributed by atoms with Crippen LogP contribution in [0.3, 0.4) is 0 Å². The van der Waals surface area contributed by atoms with Crippen LogP contribution in [0.5, 0.6) is 0 Å². The van der Waals surface area contributed by atoms with E-state index < -0.39 is 71.6 Å². The van der Waals surface area contributed by atoms with Crippen molar-refractivity contribution in [3.05, 3.63) is 102 Å². The summed E-state index contributed by atoms with van der Waals surface area (Å²) < 4.78 is 84.1. The van der Waals surface area contributed by atoms with Crippen LogP contribution in [0.4, 0.5) is 54.8 Å². The lowest BCUT2D eigenvalue weighted by atomic mass is 10.1. The van der Waals surface area contributed by atoms with Gasteiger partial charge >= 0.3 is 12.2 Å². The van der Waals surface area contributed by atoms with Gasteiger partial charge in [-0.1, -0.05) is 5.21 Å². The molecule has 7 aromatic heterocycles. The summed E-state index contributed by atoms with van der Waals surface area (Å²) in [7, 11) is 2.83. The average Bonchev–Trinajstić information content (AvgIpc) is 3.99. The largest absolute Gasteiger partial charge is 0.474 e. The Balaban J connectivity index is 0.987. The van der Waals surface area contributed by atoms with Crippen LogP contribution in [0.2, 0.25) is 0 Å². The molecular weight excluding hydrogens is 950 g/mol. The van der Waals surface area contributed by atoms with Crippen molar-refractivity contribution < 1.29 is 55.3 Å². The highest BCUT2D eigenvalue weighted by atomic mass is 19.3. The Kier molecular flexibility index (Phi) is 13.2. The summed E-state index contributed by atoms with van der Waals surface area (Å²) in [5.41, 5.74) is -1.85. The van der Waals surface area contributed by atoms with Gasteiger partial charge < -0.3 is 20.1 Å². The summed E-state index contributed by atoms with van der Waals surface area (Å²) in [6.45, 7) is 2.64. The zero-order valence-corrected chi connectivity index (χ0v) is 37.0. The van der Waals surface area contributed by atoms with Gasteiger partial charge in [-0.25, -0.2) is 67.6 Å². The number of nitriles is 1. The fourth-order valence-electron chi connectivity index (χ4n) is 6.49. The van der Waals surface area contributed by atoms with Crippen molar-refractivity contribution in [3.8, 4) is 34.7 Å². The van der Waals surface area contributed by atoms with Gasteiger partial charge in [-0.3, -0.25) is 14.9 Å². The van der Waals surface area contributed by atoms with Crippen LogP contribution >= 0.6 is 0 Å². The third-order valence-electron chi connectivity index (χ3n) is 10.4. The van der Waals surface area contributed by atoms with Crippen molar-refractivity contribution in [1.82, 2.24) is 64.8 Å². The maximum Gasteiger partial charge on any atom is 0.474 e. The summed E-state index contributed by atoms with van der Waals surface area (Å²) in [6.07, 6.45) is 0.168. The van der Waals surface area contributed by atoms with E-state index in [0.717, 1.165) is 34.0 Å². The smallest absolute Gasteiger partial charge is 0.441 e. The normalized spacial score (nSPS) is 13.4. The molecule has 0 radical (unpaired) electrons. The number of aromatic nitrogens is 14. The molecule has 7 heterocycles. The molecule has 25 nitrogen and oxygen atoms in total. The van der Waals surface area contributed by atoms with E-state index in [2.05, 4.69) is 76.7 Å². The van der Waals surface area contributed by atoms with Gasteiger partial charge in [0, 0.05) is 30.2 Å². The van der Waals surface area contributed by atoms with Gasteiger partial charge in [-0.15, -0.1) is 14.5 Å². The Bertz CT molecular complexity index is 3240. The van der Waals surface area contributed by atoms with E-state index in [1.54, 1.807) is 0 Å². The second kappa shape index (κ2) is 19.6. The number of hydrogen-bond acceptors (Lipinski definition) is 18. The maximum atomic E-state index is 16.0. The SMILES string of the molecule is C[C@@H](OC(=O)Nc1c(-c2cnc(NC(=O)c3cnc(C(F)F)nc3)cn2)nnn1C)c1ccc(-n2n[n+](C)c(NC(=O)O[C@H](C)c3cc(F)cnc3F)c2-c2cnc(NC(=O)C3(C#N)CC3)cn2)nc1F. The minimum absolute atomic E-state index is 0.0167. The van der Waals surface area contributed by atoms with Crippen molar-refractivity contribution in [2.75, 3.05) is 21.3 Å². The van der Waals surface area contributed by atoms with E-state index in [1.807, 2.05) is 6.07 Å². The maximum absolute atomic E-state index is 16.0. The first-order valence-corrected chi connectivity index (χ1v) is 20.5. The van der Waals surface area contributed by atoms with E-state index in [9.17, 15) is 42.0 Å². The predicted octanol–water partition coefficient (Wildman–Crippen LogP) is 4.79. The number of rotatable bonds is 14. The van der Waals surface area contributed by atoms with Gasteiger partial charge in [0.15, 0.2) is 29.0 Å². The third-order valence-corrected chi connectivity index (χ3v) is 10.4. The summed E-state index contributed by atoms with van der Waals surface area (Å²) in [6, 6.07) is 5.35. The molecule has 8 rings (SSSR count). The fourth-order valence-corrected chi connectivity index (χ4v) is 6.49. The first-order chi connectivity index (χ1) is 33.9. The number of carbonyl (C=O) groups is 4.